The van der Waals surface area contributed by atoms with E-state index in [4.69, 9.17) is 16.7 Å². The molecule has 0 aliphatic rings. The number of rotatable bonds is 4. The highest BCUT2D eigenvalue weighted by Gasteiger charge is 2.26. The Morgan fingerprint density at radius 1 is 1.45 bits per heavy atom. The van der Waals surface area contributed by atoms with Crippen LogP contribution in [0, 0.1) is 0 Å². The molecule has 0 saturated carbocycles. The molecule has 0 atom stereocenters. The first kappa shape index (κ1) is 15.2. The fourth-order valence-electron chi connectivity index (χ4n) is 1.33. The molecule has 1 aromatic carbocycles. The van der Waals surface area contributed by atoms with Gasteiger partial charge in [-0.15, -0.1) is 11.3 Å². The number of carbonyl (C=O) groups is 1. The first-order chi connectivity index (χ1) is 9.31. The van der Waals surface area contributed by atoms with Crippen LogP contribution < -0.4 is 4.72 Å². The zero-order valence-corrected chi connectivity index (χ0v) is 13.5. The molecule has 0 aliphatic heterocycles. The highest BCUT2D eigenvalue weighted by Crippen LogP contribution is 2.29. The molecule has 2 aromatic rings. The van der Waals surface area contributed by atoms with E-state index in [1.807, 2.05) is 0 Å². The van der Waals surface area contributed by atoms with Crippen molar-refractivity contribution in [1.82, 2.24) is 4.98 Å². The lowest BCUT2D eigenvalue weighted by Gasteiger charge is -2.08. The van der Waals surface area contributed by atoms with Gasteiger partial charge in [0.2, 0.25) is 0 Å². The lowest BCUT2D eigenvalue weighted by Crippen LogP contribution is -2.15. The van der Waals surface area contributed by atoms with Crippen LogP contribution in [0.1, 0.15) is 10.5 Å². The first-order valence-electron chi connectivity index (χ1n) is 4.96. The van der Waals surface area contributed by atoms with Crippen molar-refractivity contribution < 1.29 is 18.3 Å². The molecule has 0 saturated heterocycles. The van der Waals surface area contributed by atoms with Crippen molar-refractivity contribution in [3.63, 3.8) is 0 Å². The standard InChI is InChI=1S/C10H6BrClN2O4S2/c11-5-1-2-7(6(12)3-5)14-20(17,18)10-8(9(15)16)13-4-19-10/h1-4,14H,(H,15,16). The summed E-state index contributed by atoms with van der Waals surface area (Å²) in [5.74, 6) is -1.41. The number of thiazole rings is 1. The van der Waals surface area contributed by atoms with Crippen molar-refractivity contribution in [2.45, 2.75) is 4.21 Å². The molecule has 0 radical (unpaired) electrons. The van der Waals surface area contributed by atoms with Gasteiger partial charge in [-0.25, -0.2) is 18.2 Å². The number of hydrogen-bond donors (Lipinski definition) is 2. The Morgan fingerprint density at radius 2 is 2.15 bits per heavy atom. The number of aromatic carboxylic acids is 1. The molecular formula is C10H6BrClN2O4S2. The monoisotopic (exact) mass is 396 g/mol. The highest BCUT2D eigenvalue weighted by molar-refractivity contribution is 9.10. The van der Waals surface area contributed by atoms with Crippen molar-refractivity contribution >= 4 is 60.5 Å². The second-order valence-electron chi connectivity index (χ2n) is 3.52. The fraction of sp³-hybridized carbons (Fsp3) is 0. The van der Waals surface area contributed by atoms with Gasteiger partial charge < -0.3 is 5.11 Å². The summed E-state index contributed by atoms with van der Waals surface area (Å²) in [5.41, 5.74) is 0.789. The number of aromatic nitrogens is 1. The van der Waals surface area contributed by atoms with E-state index >= 15 is 0 Å². The van der Waals surface area contributed by atoms with E-state index in [0.717, 1.165) is 16.8 Å². The van der Waals surface area contributed by atoms with Crippen LogP contribution in [0.5, 0.6) is 0 Å². The zero-order valence-electron chi connectivity index (χ0n) is 9.50. The molecule has 6 nitrogen and oxygen atoms in total. The Labute approximate surface area is 131 Å². The molecule has 0 fully saturated rings. The Kier molecular flexibility index (Phi) is 4.33. The van der Waals surface area contributed by atoms with Crippen LogP contribution in [-0.2, 0) is 10.0 Å². The number of carboxylic acids is 1. The van der Waals surface area contributed by atoms with Crippen molar-refractivity contribution in [2.24, 2.45) is 0 Å². The van der Waals surface area contributed by atoms with Crippen LogP contribution in [0.2, 0.25) is 5.02 Å². The third-order valence-electron chi connectivity index (χ3n) is 2.16. The molecule has 0 bridgehead atoms. The Balaban J connectivity index is 2.41. The maximum Gasteiger partial charge on any atom is 0.356 e. The number of sulfonamides is 1. The van der Waals surface area contributed by atoms with Gasteiger partial charge in [0, 0.05) is 4.47 Å². The van der Waals surface area contributed by atoms with E-state index in [0.29, 0.717) is 4.47 Å². The number of benzene rings is 1. The summed E-state index contributed by atoms with van der Waals surface area (Å²) in [6, 6.07) is 4.59. The Bertz CT molecular complexity index is 775. The highest BCUT2D eigenvalue weighted by atomic mass is 79.9. The predicted molar refractivity (Wildman–Crippen MR) is 79.0 cm³/mol. The van der Waals surface area contributed by atoms with Crippen LogP contribution in [0.4, 0.5) is 5.69 Å². The molecule has 0 amide bonds. The summed E-state index contributed by atoms with van der Waals surface area (Å²) in [6.07, 6.45) is 0. The second-order valence-corrected chi connectivity index (χ2v) is 7.58. The maximum absolute atomic E-state index is 12.2. The topological polar surface area (TPSA) is 96.4 Å². The Hall–Kier alpha value is -1.16. The van der Waals surface area contributed by atoms with Crippen molar-refractivity contribution in [3.8, 4) is 0 Å². The molecule has 0 aliphatic carbocycles. The molecule has 0 spiro atoms. The molecule has 2 rings (SSSR count). The number of anilines is 1. The number of halogens is 2. The Morgan fingerprint density at radius 3 is 2.75 bits per heavy atom. The third kappa shape index (κ3) is 3.11. The SMILES string of the molecule is O=C(O)c1ncsc1S(=O)(=O)Nc1ccc(Br)cc1Cl. The molecule has 10 heteroatoms. The zero-order chi connectivity index (χ0) is 14.9. The summed E-state index contributed by atoms with van der Waals surface area (Å²) >= 11 is 9.83. The third-order valence-corrected chi connectivity index (χ3v) is 5.70. The van der Waals surface area contributed by atoms with Crippen LogP contribution in [-0.4, -0.2) is 24.5 Å². The van der Waals surface area contributed by atoms with E-state index in [2.05, 4.69) is 25.6 Å². The van der Waals surface area contributed by atoms with Crippen molar-refractivity contribution in [2.75, 3.05) is 4.72 Å². The molecular weight excluding hydrogens is 392 g/mol. The van der Waals surface area contributed by atoms with Gasteiger partial charge >= 0.3 is 5.97 Å². The van der Waals surface area contributed by atoms with Gasteiger partial charge in [-0.2, -0.15) is 0 Å². The summed E-state index contributed by atoms with van der Waals surface area (Å²) in [7, 11) is -4.06. The number of nitrogens with one attached hydrogen (secondary N) is 1. The quantitative estimate of drug-likeness (QED) is 0.826. The minimum absolute atomic E-state index is 0.152. The smallest absolute Gasteiger partial charge is 0.356 e. The number of nitrogens with zero attached hydrogens (tertiary/aromatic N) is 1. The lowest BCUT2D eigenvalue weighted by atomic mass is 10.3. The first-order valence-corrected chi connectivity index (χ1v) is 8.49. The number of carboxylic acid groups (broad SMARTS) is 1. The minimum atomic E-state index is -4.06. The van der Waals surface area contributed by atoms with Gasteiger partial charge in [0.1, 0.15) is 0 Å². The van der Waals surface area contributed by atoms with Crippen LogP contribution in [0.25, 0.3) is 0 Å². The lowest BCUT2D eigenvalue weighted by molar-refractivity contribution is 0.0687. The summed E-state index contributed by atoms with van der Waals surface area (Å²) in [4.78, 5) is 14.4. The van der Waals surface area contributed by atoms with Gasteiger partial charge in [-0.3, -0.25) is 4.72 Å². The van der Waals surface area contributed by atoms with E-state index in [9.17, 15) is 13.2 Å². The molecule has 20 heavy (non-hydrogen) atoms. The van der Waals surface area contributed by atoms with Gasteiger partial charge in [0.05, 0.1) is 16.2 Å². The van der Waals surface area contributed by atoms with Gasteiger partial charge in [-0.1, -0.05) is 27.5 Å². The average molecular weight is 398 g/mol. The minimum Gasteiger partial charge on any atom is -0.476 e. The average Bonchev–Trinajstić information content (AvgIpc) is 2.82. The molecule has 1 aromatic heterocycles. The van der Waals surface area contributed by atoms with Gasteiger partial charge in [0.25, 0.3) is 10.0 Å². The van der Waals surface area contributed by atoms with Crippen LogP contribution in [0.15, 0.2) is 32.4 Å². The van der Waals surface area contributed by atoms with E-state index < -0.39 is 21.7 Å². The second kappa shape index (κ2) is 5.68. The van der Waals surface area contributed by atoms with Crippen LogP contribution in [0.3, 0.4) is 0 Å². The van der Waals surface area contributed by atoms with Crippen LogP contribution >= 0.6 is 38.9 Å². The van der Waals surface area contributed by atoms with Crippen molar-refractivity contribution in [1.29, 1.82) is 0 Å². The summed E-state index contributed by atoms with van der Waals surface area (Å²) in [6.45, 7) is 0. The maximum atomic E-state index is 12.2. The normalized spacial score (nSPS) is 11.3. The molecule has 2 N–H and O–H groups in total. The summed E-state index contributed by atoms with van der Waals surface area (Å²) in [5, 5.41) is 9.08. The largest absolute Gasteiger partial charge is 0.476 e. The molecule has 1 heterocycles. The number of hydrogen-bond acceptors (Lipinski definition) is 5. The molecule has 0 unspecified atom stereocenters. The van der Waals surface area contributed by atoms with Gasteiger partial charge in [0.15, 0.2) is 9.90 Å². The van der Waals surface area contributed by atoms with E-state index in [1.54, 1.807) is 6.07 Å². The predicted octanol–water partition coefficient (Wildman–Crippen LogP) is 3.06. The van der Waals surface area contributed by atoms with E-state index in [-0.39, 0.29) is 14.9 Å². The van der Waals surface area contributed by atoms with Gasteiger partial charge in [-0.05, 0) is 18.2 Å². The molecule has 106 valence electrons. The van der Waals surface area contributed by atoms with E-state index in [1.165, 1.54) is 12.1 Å². The summed E-state index contributed by atoms with van der Waals surface area (Å²) < 4.78 is 26.9. The van der Waals surface area contributed by atoms with Crippen molar-refractivity contribution in [3.05, 3.63) is 38.9 Å². The fourth-order valence-corrected chi connectivity index (χ4v) is 4.33.